The fourth-order valence-corrected chi connectivity index (χ4v) is 2.92. The van der Waals surface area contributed by atoms with Crippen LogP contribution in [0, 0.1) is 0 Å². The second-order valence-corrected chi connectivity index (χ2v) is 6.38. The smallest absolute Gasteiger partial charge is 0.251 e. The Morgan fingerprint density at radius 3 is 2.89 bits per heavy atom. The van der Waals surface area contributed by atoms with Crippen molar-refractivity contribution in [1.82, 2.24) is 10.3 Å². The summed E-state index contributed by atoms with van der Waals surface area (Å²) in [7, 11) is 0. The molecule has 1 aromatic carbocycles. The Morgan fingerprint density at radius 1 is 1.47 bits per heavy atom. The molecule has 1 amide bonds. The predicted octanol–water partition coefficient (Wildman–Crippen LogP) is 3.19. The van der Waals surface area contributed by atoms with Gasteiger partial charge >= 0.3 is 0 Å². The molecule has 19 heavy (non-hydrogen) atoms. The van der Waals surface area contributed by atoms with E-state index in [0.29, 0.717) is 10.7 Å². The average molecular weight is 277 g/mol. The number of carbonyl (C=O) groups is 1. The van der Waals surface area contributed by atoms with Crippen molar-refractivity contribution in [3.8, 4) is 0 Å². The van der Waals surface area contributed by atoms with E-state index in [0.717, 1.165) is 23.1 Å². The summed E-state index contributed by atoms with van der Waals surface area (Å²) < 4.78 is 0.943. The number of benzene rings is 1. The first kappa shape index (κ1) is 13.8. The number of nitrogens with two attached hydrogens (primary N) is 1. The first-order chi connectivity index (χ1) is 8.91. The molecule has 2 aromatic rings. The van der Waals surface area contributed by atoms with Crippen molar-refractivity contribution < 1.29 is 4.79 Å². The van der Waals surface area contributed by atoms with Gasteiger partial charge < -0.3 is 11.1 Å². The number of nitrogens with zero attached hydrogens (tertiary/aromatic N) is 1. The molecule has 102 valence electrons. The van der Waals surface area contributed by atoms with Crippen molar-refractivity contribution in [1.29, 1.82) is 0 Å². The molecule has 0 atom stereocenters. The second-order valence-electron chi connectivity index (χ2n) is 5.32. The Balaban J connectivity index is 2.21. The van der Waals surface area contributed by atoms with Crippen LogP contribution < -0.4 is 11.1 Å². The van der Waals surface area contributed by atoms with Gasteiger partial charge in [0.15, 0.2) is 5.13 Å². The highest BCUT2D eigenvalue weighted by Gasteiger charge is 2.20. The molecule has 0 aliphatic heterocycles. The summed E-state index contributed by atoms with van der Waals surface area (Å²) in [6.07, 6.45) is 1.99. The Morgan fingerprint density at radius 2 is 2.21 bits per heavy atom. The summed E-state index contributed by atoms with van der Waals surface area (Å²) in [5.74, 6) is -0.0488. The van der Waals surface area contributed by atoms with Gasteiger partial charge in [0, 0.05) is 11.1 Å². The van der Waals surface area contributed by atoms with Crippen molar-refractivity contribution >= 4 is 32.6 Å². The number of thiazole rings is 1. The average Bonchev–Trinajstić information content (AvgIpc) is 2.66. The van der Waals surface area contributed by atoms with E-state index in [1.165, 1.54) is 11.3 Å². The van der Waals surface area contributed by atoms with E-state index in [1.54, 1.807) is 6.07 Å². The molecule has 5 heteroatoms. The molecule has 0 saturated heterocycles. The number of hydrogen-bond acceptors (Lipinski definition) is 4. The van der Waals surface area contributed by atoms with Gasteiger partial charge in [-0.05, 0) is 38.5 Å². The molecule has 1 heterocycles. The summed E-state index contributed by atoms with van der Waals surface area (Å²) in [5.41, 5.74) is 6.97. The summed E-state index contributed by atoms with van der Waals surface area (Å²) in [6, 6.07) is 5.48. The van der Waals surface area contributed by atoms with Gasteiger partial charge in [-0.2, -0.15) is 0 Å². The van der Waals surface area contributed by atoms with Gasteiger partial charge in [-0.3, -0.25) is 4.79 Å². The van der Waals surface area contributed by atoms with Gasteiger partial charge in [-0.25, -0.2) is 4.98 Å². The maximum absolute atomic E-state index is 12.2. The minimum Gasteiger partial charge on any atom is -0.375 e. The summed E-state index contributed by atoms with van der Waals surface area (Å²) in [6.45, 7) is 6.19. The third-order valence-corrected chi connectivity index (χ3v) is 3.84. The van der Waals surface area contributed by atoms with Crippen LogP contribution in [0.3, 0.4) is 0 Å². The molecule has 2 rings (SSSR count). The lowest BCUT2D eigenvalue weighted by Crippen LogP contribution is -2.43. The van der Waals surface area contributed by atoms with Gasteiger partial charge in [0.1, 0.15) is 0 Å². The number of rotatable bonds is 4. The quantitative estimate of drug-likeness (QED) is 0.901. The van der Waals surface area contributed by atoms with Crippen LogP contribution in [0.15, 0.2) is 18.2 Å². The van der Waals surface area contributed by atoms with Crippen LogP contribution in [0.2, 0.25) is 0 Å². The molecule has 0 aliphatic carbocycles. The summed E-state index contributed by atoms with van der Waals surface area (Å²) in [5, 5.41) is 3.59. The Bertz CT molecular complexity index is 604. The number of fused-ring (bicyclic) bond motifs is 1. The number of aromatic nitrogens is 1. The Kier molecular flexibility index (Phi) is 3.75. The van der Waals surface area contributed by atoms with Crippen molar-refractivity contribution in [3.05, 3.63) is 23.8 Å². The normalized spacial score (nSPS) is 11.7. The zero-order chi connectivity index (χ0) is 14.0. The third kappa shape index (κ3) is 3.23. The van der Waals surface area contributed by atoms with Crippen LogP contribution in [0.4, 0.5) is 5.13 Å². The van der Waals surface area contributed by atoms with Crippen molar-refractivity contribution in [2.45, 2.75) is 39.2 Å². The SMILES string of the molecule is CCCC(C)(C)NC(=O)c1ccc2nc(N)sc2c1. The number of anilines is 1. The fourth-order valence-electron chi connectivity index (χ4n) is 2.15. The monoisotopic (exact) mass is 277 g/mol. The van der Waals surface area contributed by atoms with E-state index >= 15 is 0 Å². The lowest BCUT2D eigenvalue weighted by Gasteiger charge is -2.25. The van der Waals surface area contributed by atoms with Crippen molar-refractivity contribution in [3.63, 3.8) is 0 Å². The molecule has 3 N–H and O–H groups in total. The van der Waals surface area contributed by atoms with Crippen LogP contribution in [-0.4, -0.2) is 16.4 Å². The topological polar surface area (TPSA) is 68.0 Å². The van der Waals surface area contributed by atoms with E-state index < -0.39 is 0 Å². The highest BCUT2D eigenvalue weighted by Crippen LogP contribution is 2.24. The first-order valence-corrected chi connectivity index (χ1v) is 7.21. The van der Waals surface area contributed by atoms with Gasteiger partial charge in [0.25, 0.3) is 5.91 Å². The number of nitrogen functional groups attached to an aromatic ring is 1. The molecular formula is C14H19N3OS. The van der Waals surface area contributed by atoms with Gasteiger partial charge in [0.05, 0.1) is 10.2 Å². The fraction of sp³-hybridized carbons (Fsp3) is 0.429. The largest absolute Gasteiger partial charge is 0.375 e. The standard InChI is InChI=1S/C14H19N3OS/c1-4-7-14(2,3)17-12(18)9-5-6-10-11(8-9)19-13(15)16-10/h5-6,8H,4,7H2,1-3H3,(H2,15,16)(H,17,18). The molecule has 0 bridgehead atoms. The molecule has 0 unspecified atom stereocenters. The van der Waals surface area contributed by atoms with E-state index in [2.05, 4.69) is 17.2 Å². The number of hydrogen-bond donors (Lipinski definition) is 2. The van der Waals surface area contributed by atoms with Gasteiger partial charge in [-0.1, -0.05) is 24.7 Å². The predicted molar refractivity (Wildman–Crippen MR) is 80.5 cm³/mol. The van der Waals surface area contributed by atoms with Crippen LogP contribution in [-0.2, 0) is 0 Å². The zero-order valence-electron chi connectivity index (χ0n) is 11.5. The second kappa shape index (κ2) is 5.17. The van der Waals surface area contributed by atoms with E-state index in [1.807, 2.05) is 26.0 Å². The molecule has 4 nitrogen and oxygen atoms in total. The van der Waals surface area contributed by atoms with E-state index in [9.17, 15) is 4.79 Å². The molecule has 0 fully saturated rings. The minimum atomic E-state index is -0.187. The number of amides is 1. The first-order valence-electron chi connectivity index (χ1n) is 6.40. The summed E-state index contributed by atoms with van der Waals surface area (Å²) >= 11 is 1.40. The van der Waals surface area contributed by atoms with Crippen LogP contribution >= 0.6 is 11.3 Å². The highest BCUT2D eigenvalue weighted by molar-refractivity contribution is 7.22. The molecule has 0 saturated carbocycles. The number of carbonyl (C=O) groups excluding carboxylic acids is 1. The van der Waals surface area contributed by atoms with Crippen LogP contribution in [0.25, 0.3) is 10.2 Å². The highest BCUT2D eigenvalue weighted by atomic mass is 32.1. The van der Waals surface area contributed by atoms with Crippen LogP contribution in [0.1, 0.15) is 44.0 Å². The van der Waals surface area contributed by atoms with E-state index in [4.69, 9.17) is 5.73 Å². The zero-order valence-corrected chi connectivity index (χ0v) is 12.3. The Hall–Kier alpha value is -1.62. The Labute approximate surface area is 117 Å². The molecule has 0 spiro atoms. The molecule has 0 radical (unpaired) electrons. The minimum absolute atomic E-state index is 0.0488. The van der Waals surface area contributed by atoms with Gasteiger partial charge in [-0.15, -0.1) is 0 Å². The van der Waals surface area contributed by atoms with Gasteiger partial charge in [0.2, 0.25) is 0 Å². The van der Waals surface area contributed by atoms with Crippen molar-refractivity contribution in [2.75, 3.05) is 5.73 Å². The third-order valence-electron chi connectivity index (χ3n) is 2.99. The maximum Gasteiger partial charge on any atom is 0.251 e. The maximum atomic E-state index is 12.2. The van der Waals surface area contributed by atoms with E-state index in [-0.39, 0.29) is 11.4 Å². The lowest BCUT2D eigenvalue weighted by molar-refractivity contribution is 0.0909. The van der Waals surface area contributed by atoms with Crippen LogP contribution in [0.5, 0.6) is 0 Å². The molecular weight excluding hydrogens is 258 g/mol. The summed E-state index contributed by atoms with van der Waals surface area (Å²) in [4.78, 5) is 16.4. The van der Waals surface area contributed by atoms with Crippen molar-refractivity contribution in [2.24, 2.45) is 0 Å². The lowest BCUT2D eigenvalue weighted by atomic mass is 9.98. The molecule has 0 aliphatic rings. The number of nitrogens with one attached hydrogen (secondary N) is 1. The molecule has 1 aromatic heterocycles.